The Bertz CT molecular complexity index is 319. The summed E-state index contributed by atoms with van der Waals surface area (Å²) in [4.78, 5) is 26.2. The maximum atomic E-state index is 12.2. The predicted molar refractivity (Wildman–Crippen MR) is 63.0 cm³/mol. The van der Waals surface area contributed by atoms with Gasteiger partial charge < -0.3 is 19.6 Å². The maximum Gasteiger partial charge on any atom is 0.327 e. The highest BCUT2D eigenvalue weighted by atomic mass is 32.2. The summed E-state index contributed by atoms with van der Waals surface area (Å²) in [6.07, 6.45) is 0.820. The smallest absolute Gasteiger partial charge is 0.327 e. The molecule has 7 heteroatoms. The molecule has 96 valence electrons. The first-order valence-corrected chi connectivity index (χ1v) is 6.68. The minimum Gasteiger partial charge on any atom is -0.480 e. The Hall–Kier alpha value is -0.950. The SMILES string of the molecule is CN(C(=O)N1CSC[C@H]1C(=O)O)C1CCOC1. The van der Waals surface area contributed by atoms with Gasteiger partial charge in [0.05, 0.1) is 18.5 Å². The monoisotopic (exact) mass is 260 g/mol. The van der Waals surface area contributed by atoms with Gasteiger partial charge in [-0.15, -0.1) is 11.8 Å². The molecule has 2 amide bonds. The number of carboxylic acids is 1. The normalized spacial score (nSPS) is 28.4. The summed E-state index contributed by atoms with van der Waals surface area (Å²) < 4.78 is 5.23. The van der Waals surface area contributed by atoms with Gasteiger partial charge in [-0.1, -0.05) is 0 Å². The molecule has 2 rings (SSSR count). The lowest BCUT2D eigenvalue weighted by molar-refractivity contribution is -0.140. The summed E-state index contributed by atoms with van der Waals surface area (Å²) in [5, 5.41) is 9.03. The van der Waals surface area contributed by atoms with Crippen molar-refractivity contribution in [3.63, 3.8) is 0 Å². The van der Waals surface area contributed by atoms with Crippen molar-refractivity contribution in [2.45, 2.75) is 18.5 Å². The predicted octanol–water partition coefficient (Wildman–Crippen LogP) is 0.287. The lowest BCUT2D eigenvalue weighted by atomic mass is 10.2. The van der Waals surface area contributed by atoms with Crippen LogP contribution in [0.1, 0.15) is 6.42 Å². The van der Waals surface area contributed by atoms with E-state index >= 15 is 0 Å². The zero-order valence-corrected chi connectivity index (χ0v) is 10.5. The molecule has 0 saturated carbocycles. The number of nitrogens with zero attached hydrogens (tertiary/aromatic N) is 2. The molecule has 0 radical (unpaired) electrons. The fourth-order valence-electron chi connectivity index (χ4n) is 2.02. The average Bonchev–Trinajstić information content (AvgIpc) is 2.97. The Labute approximate surface area is 104 Å². The van der Waals surface area contributed by atoms with Crippen molar-refractivity contribution in [3.8, 4) is 0 Å². The van der Waals surface area contributed by atoms with Gasteiger partial charge in [-0.3, -0.25) is 0 Å². The Kier molecular flexibility index (Phi) is 3.78. The van der Waals surface area contributed by atoms with E-state index < -0.39 is 12.0 Å². The van der Waals surface area contributed by atoms with E-state index in [1.54, 1.807) is 11.9 Å². The van der Waals surface area contributed by atoms with Crippen LogP contribution in [0.5, 0.6) is 0 Å². The third kappa shape index (κ3) is 2.50. The van der Waals surface area contributed by atoms with E-state index in [1.807, 2.05) is 0 Å². The van der Waals surface area contributed by atoms with E-state index in [4.69, 9.17) is 9.84 Å². The Morgan fingerprint density at radius 2 is 2.29 bits per heavy atom. The van der Waals surface area contributed by atoms with Gasteiger partial charge in [-0.25, -0.2) is 9.59 Å². The second kappa shape index (κ2) is 5.14. The van der Waals surface area contributed by atoms with Gasteiger partial charge >= 0.3 is 12.0 Å². The van der Waals surface area contributed by atoms with Crippen molar-refractivity contribution < 1.29 is 19.4 Å². The number of aliphatic carboxylic acids is 1. The average molecular weight is 260 g/mol. The van der Waals surface area contributed by atoms with Crippen molar-refractivity contribution in [1.82, 2.24) is 9.80 Å². The lowest BCUT2D eigenvalue weighted by Gasteiger charge is -2.30. The van der Waals surface area contributed by atoms with Crippen LogP contribution < -0.4 is 0 Å². The number of likely N-dealkylation sites (N-methyl/N-ethyl adjacent to an activating group) is 1. The molecule has 0 bridgehead atoms. The van der Waals surface area contributed by atoms with Gasteiger partial charge in [0.1, 0.15) is 6.04 Å². The minimum absolute atomic E-state index is 0.0718. The van der Waals surface area contributed by atoms with Crippen molar-refractivity contribution in [1.29, 1.82) is 0 Å². The summed E-state index contributed by atoms with van der Waals surface area (Å²) in [6.45, 7) is 1.21. The van der Waals surface area contributed by atoms with Gasteiger partial charge in [0.25, 0.3) is 0 Å². The first-order chi connectivity index (χ1) is 8.11. The van der Waals surface area contributed by atoms with E-state index in [1.165, 1.54) is 16.7 Å². The van der Waals surface area contributed by atoms with Crippen molar-refractivity contribution in [2.24, 2.45) is 0 Å². The lowest BCUT2D eigenvalue weighted by Crippen LogP contribution is -2.50. The number of hydrogen-bond acceptors (Lipinski definition) is 4. The highest BCUT2D eigenvalue weighted by Gasteiger charge is 2.37. The van der Waals surface area contributed by atoms with E-state index in [0.717, 1.165) is 6.42 Å². The van der Waals surface area contributed by atoms with Crippen molar-refractivity contribution in [3.05, 3.63) is 0 Å². The highest BCUT2D eigenvalue weighted by Crippen LogP contribution is 2.23. The largest absolute Gasteiger partial charge is 0.480 e. The van der Waals surface area contributed by atoms with Crippen LogP contribution in [0.3, 0.4) is 0 Å². The van der Waals surface area contributed by atoms with Crippen LogP contribution in [0.2, 0.25) is 0 Å². The maximum absolute atomic E-state index is 12.2. The second-order valence-corrected chi connectivity index (χ2v) is 5.23. The number of thioether (sulfide) groups is 1. The van der Waals surface area contributed by atoms with E-state index in [9.17, 15) is 9.59 Å². The molecular formula is C10H16N2O4S. The number of amides is 2. The standard InChI is InChI=1S/C10H16N2O4S/c1-11(7-2-3-16-4-7)10(15)12-6-17-5-8(12)9(13)14/h7-8H,2-6H2,1H3,(H,13,14)/t7?,8-/m0/s1. The molecular weight excluding hydrogens is 244 g/mol. The zero-order chi connectivity index (χ0) is 12.4. The molecule has 2 aliphatic rings. The molecule has 1 unspecified atom stereocenters. The number of carboxylic acid groups (broad SMARTS) is 1. The van der Waals surface area contributed by atoms with E-state index in [0.29, 0.717) is 24.8 Å². The molecule has 1 N–H and O–H groups in total. The number of carbonyl (C=O) groups is 2. The van der Waals surface area contributed by atoms with Crippen LogP contribution in [-0.2, 0) is 9.53 Å². The Morgan fingerprint density at radius 3 is 2.88 bits per heavy atom. The number of carbonyl (C=O) groups excluding carboxylic acids is 1. The quantitative estimate of drug-likeness (QED) is 0.772. The van der Waals surface area contributed by atoms with E-state index in [-0.39, 0.29) is 12.1 Å². The molecule has 0 aromatic rings. The van der Waals surface area contributed by atoms with Crippen LogP contribution >= 0.6 is 11.8 Å². The van der Waals surface area contributed by atoms with Crippen LogP contribution in [0.4, 0.5) is 4.79 Å². The number of urea groups is 1. The molecule has 2 heterocycles. The third-order valence-electron chi connectivity index (χ3n) is 3.17. The van der Waals surface area contributed by atoms with Gasteiger partial charge in [0.15, 0.2) is 0 Å². The Balaban J connectivity index is 2.00. The first kappa shape index (κ1) is 12.5. The van der Waals surface area contributed by atoms with Crippen molar-refractivity contribution >= 4 is 23.8 Å². The summed E-state index contributed by atoms with van der Waals surface area (Å²) >= 11 is 1.47. The van der Waals surface area contributed by atoms with Crippen LogP contribution in [-0.4, -0.2) is 70.9 Å². The molecule has 6 nitrogen and oxygen atoms in total. The molecule has 2 saturated heterocycles. The fraction of sp³-hybridized carbons (Fsp3) is 0.800. The third-order valence-corrected chi connectivity index (χ3v) is 4.18. The Morgan fingerprint density at radius 1 is 1.53 bits per heavy atom. The summed E-state index contributed by atoms with van der Waals surface area (Å²) in [5.74, 6) is -0.0107. The number of hydrogen-bond donors (Lipinski definition) is 1. The van der Waals surface area contributed by atoms with Gasteiger partial charge in [0.2, 0.25) is 0 Å². The molecule has 0 aromatic carbocycles. The minimum atomic E-state index is -0.931. The molecule has 0 aliphatic carbocycles. The zero-order valence-electron chi connectivity index (χ0n) is 9.66. The van der Waals surface area contributed by atoms with E-state index in [2.05, 4.69) is 0 Å². The fourth-order valence-corrected chi connectivity index (χ4v) is 3.16. The molecule has 17 heavy (non-hydrogen) atoms. The molecule has 2 aliphatic heterocycles. The number of rotatable bonds is 2. The number of ether oxygens (including phenoxy) is 1. The van der Waals surface area contributed by atoms with Crippen LogP contribution in [0.25, 0.3) is 0 Å². The summed E-state index contributed by atoms with van der Waals surface area (Å²) in [7, 11) is 1.71. The molecule has 0 spiro atoms. The molecule has 0 aromatic heterocycles. The molecule has 2 fully saturated rings. The second-order valence-electron chi connectivity index (χ2n) is 4.23. The summed E-state index contributed by atoms with van der Waals surface area (Å²) in [5.41, 5.74) is 0. The van der Waals surface area contributed by atoms with Crippen LogP contribution in [0.15, 0.2) is 0 Å². The van der Waals surface area contributed by atoms with Crippen molar-refractivity contribution in [2.75, 3.05) is 31.9 Å². The summed E-state index contributed by atoms with van der Waals surface area (Å²) in [6, 6.07) is -0.835. The van der Waals surface area contributed by atoms with Gasteiger partial charge in [0, 0.05) is 19.4 Å². The van der Waals surface area contributed by atoms with Crippen LogP contribution in [0, 0.1) is 0 Å². The topological polar surface area (TPSA) is 70.1 Å². The molecule has 2 atom stereocenters. The highest BCUT2D eigenvalue weighted by molar-refractivity contribution is 7.99. The van der Waals surface area contributed by atoms with Gasteiger partial charge in [-0.05, 0) is 6.42 Å². The first-order valence-electron chi connectivity index (χ1n) is 5.53. The van der Waals surface area contributed by atoms with Gasteiger partial charge in [-0.2, -0.15) is 0 Å².